The molecule has 19 heavy (non-hydrogen) atoms. The lowest BCUT2D eigenvalue weighted by Crippen LogP contribution is -2.39. The lowest BCUT2D eigenvalue weighted by Gasteiger charge is -2.29. The smallest absolute Gasteiger partial charge is 0.289 e. The molecule has 0 aromatic carbocycles. The molecule has 0 bridgehead atoms. The molecule has 4 nitrogen and oxygen atoms in total. The third-order valence-corrected chi connectivity index (χ3v) is 3.77. The van der Waals surface area contributed by atoms with E-state index < -0.39 is 0 Å². The Morgan fingerprint density at radius 2 is 2.21 bits per heavy atom. The van der Waals surface area contributed by atoms with Crippen molar-refractivity contribution < 1.29 is 9.21 Å². The van der Waals surface area contributed by atoms with Crippen molar-refractivity contribution in [3.05, 3.63) is 23.7 Å². The normalized spacial score (nSPS) is 16.5. The highest BCUT2D eigenvalue weighted by Crippen LogP contribution is 2.17. The molecule has 1 amide bonds. The molecule has 1 saturated heterocycles. The molecule has 1 fully saturated rings. The average Bonchev–Trinajstić information content (AvgIpc) is 2.85. The van der Waals surface area contributed by atoms with Gasteiger partial charge in [-0.3, -0.25) is 4.79 Å². The third-order valence-electron chi connectivity index (χ3n) is 3.77. The molecule has 106 valence electrons. The summed E-state index contributed by atoms with van der Waals surface area (Å²) in [6.45, 7) is 7.83. The second-order valence-corrected chi connectivity index (χ2v) is 5.38. The zero-order chi connectivity index (χ0) is 13.7. The molecule has 2 heterocycles. The second kappa shape index (κ2) is 6.75. The number of carbonyl (C=O) groups excluding carboxylic acids is 1. The molecule has 1 N–H and O–H groups in total. The number of nitrogens with zero attached hydrogens (tertiary/aromatic N) is 1. The van der Waals surface area contributed by atoms with Crippen LogP contribution in [0.5, 0.6) is 0 Å². The zero-order valence-corrected chi connectivity index (χ0v) is 11.9. The molecule has 0 spiro atoms. The number of amides is 1. The first kappa shape index (κ1) is 14.1. The van der Waals surface area contributed by atoms with Gasteiger partial charge in [0.25, 0.3) is 5.91 Å². The number of nitrogens with one attached hydrogen (secondary N) is 1. The van der Waals surface area contributed by atoms with Gasteiger partial charge in [0.05, 0.1) is 6.26 Å². The van der Waals surface area contributed by atoms with Gasteiger partial charge < -0.3 is 14.6 Å². The van der Waals surface area contributed by atoms with Crippen LogP contribution in [0.4, 0.5) is 0 Å². The molecule has 0 saturated carbocycles. The monoisotopic (exact) mass is 264 g/mol. The summed E-state index contributed by atoms with van der Waals surface area (Å²) in [7, 11) is 0. The van der Waals surface area contributed by atoms with Gasteiger partial charge in [0, 0.05) is 18.7 Å². The lowest BCUT2D eigenvalue weighted by atomic mass is 9.97. The van der Waals surface area contributed by atoms with Gasteiger partial charge in [-0.05, 0) is 51.3 Å². The Morgan fingerprint density at radius 1 is 1.47 bits per heavy atom. The van der Waals surface area contributed by atoms with Gasteiger partial charge in [-0.2, -0.15) is 0 Å². The van der Waals surface area contributed by atoms with Gasteiger partial charge in [-0.15, -0.1) is 0 Å². The van der Waals surface area contributed by atoms with Crippen molar-refractivity contribution >= 4 is 5.91 Å². The molecule has 0 atom stereocenters. The highest BCUT2D eigenvalue weighted by Gasteiger charge is 2.23. The highest BCUT2D eigenvalue weighted by molar-refractivity contribution is 5.92. The fourth-order valence-electron chi connectivity index (χ4n) is 2.66. The predicted octanol–water partition coefficient (Wildman–Crippen LogP) is 2.44. The number of carbonyl (C=O) groups is 1. The first-order valence-corrected chi connectivity index (χ1v) is 7.26. The van der Waals surface area contributed by atoms with Crippen molar-refractivity contribution in [1.29, 1.82) is 0 Å². The van der Waals surface area contributed by atoms with Gasteiger partial charge in [0.2, 0.25) is 0 Å². The molecular weight excluding hydrogens is 240 g/mol. The van der Waals surface area contributed by atoms with Crippen molar-refractivity contribution in [1.82, 2.24) is 10.2 Å². The maximum absolute atomic E-state index is 12.5. The van der Waals surface area contributed by atoms with Crippen LogP contribution in [-0.4, -0.2) is 37.0 Å². The van der Waals surface area contributed by atoms with Crippen LogP contribution in [0.2, 0.25) is 0 Å². The Balaban J connectivity index is 2.02. The van der Waals surface area contributed by atoms with Crippen LogP contribution in [0.15, 0.2) is 16.7 Å². The first-order valence-electron chi connectivity index (χ1n) is 7.26. The standard InChI is InChI=1S/C15H24N2O2/c1-3-9-17(11-13-4-7-16-8-5-13)15(18)14-12(2)6-10-19-14/h6,10,13,16H,3-5,7-9,11H2,1-2H3. The van der Waals surface area contributed by atoms with E-state index in [2.05, 4.69) is 12.2 Å². The van der Waals surface area contributed by atoms with Gasteiger partial charge in [-0.1, -0.05) is 6.92 Å². The van der Waals surface area contributed by atoms with Crippen molar-refractivity contribution in [2.24, 2.45) is 5.92 Å². The molecule has 2 rings (SSSR count). The van der Waals surface area contributed by atoms with Crippen LogP contribution in [0, 0.1) is 12.8 Å². The Bertz CT molecular complexity index is 408. The molecule has 1 aromatic rings. The van der Waals surface area contributed by atoms with E-state index >= 15 is 0 Å². The Morgan fingerprint density at radius 3 is 2.79 bits per heavy atom. The molecular formula is C15H24N2O2. The van der Waals surface area contributed by atoms with E-state index in [1.165, 1.54) is 0 Å². The van der Waals surface area contributed by atoms with E-state index in [0.717, 1.165) is 51.0 Å². The van der Waals surface area contributed by atoms with Crippen LogP contribution >= 0.6 is 0 Å². The van der Waals surface area contributed by atoms with Crippen LogP contribution in [0.3, 0.4) is 0 Å². The third kappa shape index (κ3) is 3.60. The van der Waals surface area contributed by atoms with Crippen LogP contribution in [0.25, 0.3) is 0 Å². The molecule has 1 aliphatic rings. The summed E-state index contributed by atoms with van der Waals surface area (Å²) in [4.78, 5) is 14.5. The zero-order valence-electron chi connectivity index (χ0n) is 11.9. The summed E-state index contributed by atoms with van der Waals surface area (Å²) in [6, 6.07) is 1.85. The maximum atomic E-state index is 12.5. The minimum absolute atomic E-state index is 0.0443. The fraction of sp³-hybridized carbons (Fsp3) is 0.667. The van der Waals surface area contributed by atoms with E-state index in [4.69, 9.17) is 4.42 Å². The predicted molar refractivity (Wildman–Crippen MR) is 75.2 cm³/mol. The second-order valence-electron chi connectivity index (χ2n) is 5.38. The number of hydrogen-bond acceptors (Lipinski definition) is 3. The number of piperidine rings is 1. The van der Waals surface area contributed by atoms with E-state index in [1.54, 1.807) is 6.26 Å². The topological polar surface area (TPSA) is 45.5 Å². The van der Waals surface area contributed by atoms with E-state index in [9.17, 15) is 4.79 Å². The molecule has 0 aliphatic carbocycles. The average molecular weight is 264 g/mol. The lowest BCUT2D eigenvalue weighted by molar-refractivity contribution is 0.0683. The summed E-state index contributed by atoms with van der Waals surface area (Å²) < 4.78 is 5.34. The summed E-state index contributed by atoms with van der Waals surface area (Å²) >= 11 is 0. The van der Waals surface area contributed by atoms with E-state index in [1.807, 2.05) is 17.9 Å². The Labute approximate surface area is 115 Å². The quantitative estimate of drug-likeness (QED) is 0.888. The van der Waals surface area contributed by atoms with Crippen molar-refractivity contribution in [2.45, 2.75) is 33.1 Å². The number of aryl methyl sites for hydroxylation is 1. The summed E-state index contributed by atoms with van der Waals surface area (Å²) in [5, 5.41) is 3.36. The molecule has 4 heteroatoms. The number of hydrogen-bond donors (Lipinski definition) is 1. The largest absolute Gasteiger partial charge is 0.459 e. The van der Waals surface area contributed by atoms with Crippen LogP contribution < -0.4 is 5.32 Å². The molecule has 0 radical (unpaired) electrons. The van der Waals surface area contributed by atoms with Gasteiger partial charge >= 0.3 is 0 Å². The Hall–Kier alpha value is -1.29. The minimum Gasteiger partial charge on any atom is -0.459 e. The molecule has 1 aliphatic heterocycles. The van der Waals surface area contributed by atoms with Crippen LogP contribution in [-0.2, 0) is 0 Å². The maximum Gasteiger partial charge on any atom is 0.289 e. The van der Waals surface area contributed by atoms with Crippen molar-refractivity contribution in [3.8, 4) is 0 Å². The number of furan rings is 1. The molecule has 1 aromatic heterocycles. The summed E-state index contributed by atoms with van der Waals surface area (Å²) in [5.74, 6) is 1.16. The number of rotatable bonds is 5. The van der Waals surface area contributed by atoms with Crippen molar-refractivity contribution in [2.75, 3.05) is 26.2 Å². The van der Waals surface area contributed by atoms with Gasteiger partial charge in [-0.25, -0.2) is 0 Å². The molecule has 0 unspecified atom stereocenters. The summed E-state index contributed by atoms with van der Waals surface area (Å²) in [5.41, 5.74) is 0.927. The van der Waals surface area contributed by atoms with Gasteiger partial charge in [0.1, 0.15) is 0 Å². The Kier molecular flexibility index (Phi) is 5.02. The van der Waals surface area contributed by atoms with Crippen LogP contribution in [0.1, 0.15) is 42.3 Å². The summed E-state index contributed by atoms with van der Waals surface area (Å²) in [6.07, 6.45) is 4.89. The first-order chi connectivity index (χ1) is 9.22. The highest BCUT2D eigenvalue weighted by atomic mass is 16.3. The SMILES string of the molecule is CCCN(CC1CCNCC1)C(=O)c1occc1C. The fourth-order valence-corrected chi connectivity index (χ4v) is 2.66. The van der Waals surface area contributed by atoms with E-state index in [0.29, 0.717) is 11.7 Å². The van der Waals surface area contributed by atoms with Crippen molar-refractivity contribution in [3.63, 3.8) is 0 Å². The minimum atomic E-state index is 0.0443. The van der Waals surface area contributed by atoms with Gasteiger partial charge in [0.15, 0.2) is 5.76 Å². The van der Waals surface area contributed by atoms with E-state index in [-0.39, 0.29) is 5.91 Å².